The van der Waals surface area contributed by atoms with Crippen LogP contribution in [0.3, 0.4) is 0 Å². The van der Waals surface area contributed by atoms with E-state index < -0.39 is 11.6 Å². The van der Waals surface area contributed by atoms with E-state index in [1.807, 2.05) is 13.8 Å². The third-order valence-electron chi connectivity index (χ3n) is 2.74. The number of carboxylic acids is 1. The Morgan fingerprint density at radius 3 is 2.76 bits per heavy atom. The monoisotopic (exact) mass is 255 g/mol. The zero-order valence-corrected chi connectivity index (χ0v) is 11.0. The topological polar surface area (TPSA) is 70.4 Å². The van der Waals surface area contributed by atoms with Crippen molar-refractivity contribution in [1.82, 2.24) is 4.98 Å². The third kappa shape index (κ3) is 4.02. The summed E-state index contributed by atoms with van der Waals surface area (Å²) in [5.41, 5.74) is -0.572. The van der Waals surface area contributed by atoms with Crippen LogP contribution in [0.4, 0.5) is 0 Å². The van der Waals surface area contributed by atoms with Gasteiger partial charge in [0.25, 0.3) is 0 Å². The number of aliphatic hydroxyl groups is 1. The Morgan fingerprint density at radius 2 is 2.24 bits per heavy atom. The van der Waals surface area contributed by atoms with Crippen LogP contribution in [0.5, 0.6) is 0 Å². The summed E-state index contributed by atoms with van der Waals surface area (Å²) in [7, 11) is 0. The van der Waals surface area contributed by atoms with Crippen LogP contribution in [0.2, 0.25) is 0 Å². The summed E-state index contributed by atoms with van der Waals surface area (Å²) in [5.74, 6) is -0.344. The van der Waals surface area contributed by atoms with E-state index in [4.69, 9.17) is 5.11 Å². The zero-order valence-electron chi connectivity index (χ0n) is 10.2. The predicted octanol–water partition coefficient (Wildman–Crippen LogP) is 2.28. The highest BCUT2D eigenvalue weighted by Crippen LogP contribution is 2.26. The molecule has 1 atom stereocenters. The maximum atomic E-state index is 10.8. The van der Waals surface area contributed by atoms with Gasteiger partial charge in [0, 0.05) is 11.9 Å². The minimum Gasteiger partial charge on any atom is -0.478 e. The summed E-state index contributed by atoms with van der Waals surface area (Å²) in [6.45, 7) is 5.66. The van der Waals surface area contributed by atoms with E-state index in [1.54, 1.807) is 6.92 Å². The van der Waals surface area contributed by atoms with Crippen LogP contribution in [-0.4, -0.2) is 32.5 Å². The molecule has 0 spiro atoms. The van der Waals surface area contributed by atoms with Crippen molar-refractivity contribution in [1.29, 1.82) is 0 Å². The van der Waals surface area contributed by atoms with Crippen molar-refractivity contribution in [3.8, 4) is 0 Å². The van der Waals surface area contributed by atoms with Gasteiger partial charge in [-0.25, -0.2) is 9.78 Å². The first kappa shape index (κ1) is 14.0. The zero-order chi connectivity index (χ0) is 13.1. The van der Waals surface area contributed by atoms with Gasteiger partial charge in [0.2, 0.25) is 0 Å². The molecule has 1 heterocycles. The second kappa shape index (κ2) is 5.51. The molecule has 4 nitrogen and oxygen atoms in total. The average Bonchev–Trinajstić information content (AvgIpc) is 2.26. The first-order valence-corrected chi connectivity index (χ1v) is 6.36. The SMILES string of the molecule is CC(C)C(C)(O)CSc1cc(C(=O)O)ccn1. The van der Waals surface area contributed by atoms with Crippen molar-refractivity contribution in [3.05, 3.63) is 23.9 Å². The smallest absolute Gasteiger partial charge is 0.335 e. The number of carboxylic acid groups (broad SMARTS) is 1. The highest BCUT2D eigenvalue weighted by atomic mass is 32.2. The molecule has 0 bridgehead atoms. The Kier molecular flexibility index (Phi) is 4.54. The molecule has 94 valence electrons. The number of aromatic nitrogens is 1. The summed E-state index contributed by atoms with van der Waals surface area (Å²) in [5, 5.41) is 19.5. The Morgan fingerprint density at radius 1 is 1.59 bits per heavy atom. The number of carbonyl (C=O) groups is 1. The van der Waals surface area contributed by atoms with Gasteiger partial charge in [-0.3, -0.25) is 0 Å². The maximum Gasteiger partial charge on any atom is 0.335 e. The lowest BCUT2D eigenvalue weighted by atomic mass is 9.95. The van der Waals surface area contributed by atoms with Crippen LogP contribution in [0.1, 0.15) is 31.1 Å². The molecule has 0 fully saturated rings. The second-order valence-corrected chi connectivity index (χ2v) is 5.48. The summed E-state index contributed by atoms with van der Waals surface area (Å²) in [6, 6.07) is 2.97. The molecule has 0 aliphatic rings. The van der Waals surface area contributed by atoms with Crippen LogP contribution in [0, 0.1) is 5.92 Å². The van der Waals surface area contributed by atoms with Crippen molar-refractivity contribution in [2.45, 2.75) is 31.4 Å². The molecule has 1 rings (SSSR count). The standard InChI is InChI=1S/C12H17NO3S/c1-8(2)12(3,16)7-17-10-6-9(11(14)15)4-5-13-10/h4-6,8,16H,7H2,1-3H3,(H,14,15). The highest BCUT2D eigenvalue weighted by Gasteiger charge is 2.25. The number of hydrogen-bond donors (Lipinski definition) is 2. The fraction of sp³-hybridized carbons (Fsp3) is 0.500. The number of hydrogen-bond acceptors (Lipinski definition) is 4. The quantitative estimate of drug-likeness (QED) is 0.790. The maximum absolute atomic E-state index is 10.8. The van der Waals surface area contributed by atoms with E-state index in [1.165, 1.54) is 30.1 Å². The molecule has 0 saturated heterocycles. The van der Waals surface area contributed by atoms with Crippen molar-refractivity contribution >= 4 is 17.7 Å². The lowest BCUT2D eigenvalue weighted by molar-refractivity contribution is 0.0376. The van der Waals surface area contributed by atoms with E-state index >= 15 is 0 Å². The van der Waals surface area contributed by atoms with E-state index in [2.05, 4.69) is 4.98 Å². The van der Waals surface area contributed by atoms with Crippen LogP contribution in [0.15, 0.2) is 23.4 Å². The predicted molar refractivity (Wildman–Crippen MR) is 67.4 cm³/mol. The Balaban J connectivity index is 2.70. The highest BCUT2D eigenvalue weighted by molar-refractivity contribution is 7.99. The molecule has 1 aromatic heterocycles. The third-order valence-corrected chi connectivity index (χ3v) is 3.99. The molecule has 5 heteroatoms. The number of pyridine rings is 1. The van der Waals surface area contributed by atoms with Crippen LogP contribution < -0.4 is 0 Å². The Bertz CT molecular complexity index is 404. The average molecular weight is 255 g/mol. The molecule has 17 heavy (non-hydrogen) atoms. The van der Waals surface area contributed by atoms with Crippen LogP contribution in [0.25, 0.3) is 0 Å². The molecular formula is C12H17NO3S. The van der Waals surface area contributed by atoms with Gasteiger partial charge in [0.15, 0.2) is 0 Å². The molecular weight excluding hydrogens is 238 g/mol. The fourth-order valence-electron chi connectivity index (χ4n) is 1.01. The second-order valence-electron chi connectivity index (χ2n) is 4.49. The lowest BCUT2D eigenvalue weighted by Gasteiger charge is -2.26. The minimum atomic E-state index is -0.968. The largest absolute Gasteiger partial charge is 0.478 e. The van der Waals surface area contributed by atoms with E-state index in [0.717, 1.165) is 0 Å². The van der Waals surface area contributed by atoms with Crippen molar-refractivity contribution in [2.75, 3.05) is 5.75 Å². The van der Waals surface area contributed by atoms with Gasteiger partial charge in [-0.2, -0.15) is 0 Å². The first-order chi connectivity index (χ1) is 7.83. The number of nitrogens with zero attached hydrogens (tertiary/aromatic N) is 1. The summed E-state index contributed by atoms with van der Waals surface area (Å²) >= 11 is 1.36. The molecule has 0 aliphatic carbocycles. The molecule has 0 radical (unpaired) electrons. The van der Waals surface area contributed by atoms with Crippen LogP contribution >= 0.6 is 11.8 Å². The van der Waals surface area contributed by atoms with Gasteiger partial charge in [0.1, 0.15) is 0 Å². The van der Waals surface area contributed by atoms with Gasteiger partial charge < -0.3 is 10.2 Å². The minimum absolute atomic E-state index is 0.137. The summed E-state index contributed by atoms with van der Waals surface area (Å²) in [4.78, 5) is 14.8. The number of thioether (sulfide) groups is 1. The van der Waals surface area contributed by atoms with E-state index in [-0.39, 0.29) is 11.5 Å². The van der Waals surface area contributed by atoms with Crippen LogP contribution in [-0.2, 0) is 0 Å². The van der Waals surface area contributed by atoms with Gasteiger partial charge in [-0.05, 0) is 25.0 Å². The van der Waals surface area contributed by atoms with Gasteiger partial charge in [-0.15, -0.1) is 11.8 Å². The van der Waals surface area contributed by atoms with Crippen molar-refractivity contribution < 1.29 is 15.0 Å². The Hall–Kier alpha value is -1.07. The van der Waals surface area contributed by atoms with Crippen molar-refractivity contribution in [3.63, 3.8) is 0 Å². The molecule has 0 amide bonds. The van der Waals surface area contributed by atoms with E-state index in [0.29, 0.717) is 10.8 Å². The first-order valence-electron chi connectivity index (χ1n) is 5.37. The fourth-order valence-corrected chi connectivity index (χ4v) is 2.13. The molecule has 2 N–H and O–H groups in total. The molecule has 0 aliphatic heterocycles. The molecule has 0 aromatic carbocycles. The molecule has 1 unspecified atom stereocenters. The van der Waals surface area contributed by atoms with Gasteiger partial charge in [0.05, 0.1) is 16.2 Å². The summed E-state index contributed by atoms with van der Waals surface area (Å²) in [6.07, 6.45) is 1.47. The van der Waals surface area contributed by atoms with Crippen molar-refractivity contribution in [2.24, 2.45) is 5.92 Å². The molecule has 0 saturated carbocycles. The number of aromatic carboxylic acids is 1. The Labute approximate surface area is 105 Å². The van der Waals surface area contributed by atoms with Gasteiger partial charge in [-0.1, -0.05) is 13.8 Å². The normalized spacial score (nSPS) is 14.6. The van der Waals surface area contributed by atoms with Gasteiger partial charge >= 0.3 is 5.97 Å². The summed E-state index contributed by atoms with van der Waals surface area (Å²) < 4.78 is 0. The number of rotatable bonds is 5. The lowest BCUT2D eigenvalue weighted by Crippen LogP contribution is -2.33. The van der Waals surface area contributed by atoms with E-state index in [9.17, 15) is 9.90 Å². The molecule has 1 aromatic rings.